The van der Waals surface area contributed by atoms with Crippen molar-refractivity contribution >= 4 is 26.6 Å². The molecule has 0 radical (unpaired) electrons. The maximum absolute atomic E-state index is 12.6. The topological polar surface area (TPSA) is 72.0 Å². The first kappa shape index (κ1) is 15.4. The Kier molecular flexibility index (Phi) is 3.77. The van der Waals surface area contributed by atoms with Gasteiger partial charge in [-0.25, -0.2) is 18.4 Å². The summed E-state index contributed by atoms with van der Waals surface area (Å²) in [6.45, 7) is 5.37. The molecule has 0 atom stereocenters. The van der Waals surface area contributed by atoms with Crippen LogP contribution in [0.15, 0.2) is 47.4 Å². The molecule has 0 saturated carbocycles. The van der Waals surface area contributed by atoms with E-state index in [-0.39, 0.29) is 4.90 Å². The van der Waals surface area contributed by atoms with Crippen LogP contribution in [0.4, 0.5) is 5.82 Å². The number of anilines is 1. The normalized spacial score (nSPS) is 11.6. The highest BCUT2D eigenvalue weighted by Gasteiger charge is 2.17. The molecule has 0 aliphatic carbocycles. The summed E-state index contributed by atoms with van der Waals surface area (Å²) >= 11 is 0. The van der Waals surface area contributed by atoms with Gasteiger partial charge >= 0.3 is 0 Å². The molecule has 1 N–H and O–H groups in total. The lowest BCUT2D eigenvalue weighted by molar-refractivity contribution is 0.601. The number of aryl methyl sites for hydroxylation is 2. The molecule has 0 amide bonds. The molecule has 0 saturated heterocycles. The zero-order valence-corrected chi connectivity index (χ0v) is 14.0. The molecule has 118 valence electrons. The predicted octanol–water partition coefficient (Wildman–Crippen LogP) is 3.36. The van der Waals surface area contributed by atoms with E-state index in [1.807, 2.05) is 31.2 Å². The summed E-state index contributed by atoms with van der Waals surface area (Å²) in [6, 6.07) is 12.7. The zero-order chi connectivity index (χ0) is 16.6. The van der Waals surface area contributed by atoms with Gasteiger partial charge in [-0.2, -0.15) is 0 Å². The Morgan fingerprint density at radius 1 is 0.913 bits per heavy atom. The Labute approximate surface area is 135 Å². The van der Waals surface area contributed by atoms with Gasteiger partial charge in [-0.1, -0.05) is 30.3 Å². The summed E-state index contributed by atoms with van der Waals surface area (Å²) in [5.74, 6) is 0.854. The maximum atomic E-state index is 12.6. The van der Waals surface area contributed by atoms with Crippen molar-refractivity contribution in [2.24, 2.45) is 0 Å². The van der Waals surface area contributed by atoms with E-state index in [1.54, 1.807) is 32.0 Å². The molecule has 0 fully saturated rings. The van der Waals surface area contributed by atoms with Crippen LogP contribution in [0.2, 0.25) is 0 Å². The van der Waals surface area contributed by atoms with Crippen LogP contribution in [-0.4, -0.2) is 18.4 Å². The highest BCUT2D eigenvalue weighted by molar-refractivity contribution is 7.92. The number of nitrogens with zero attached hydrogens (tertiary/aromatic N) is 2. The molecule has 0 unspecified atom stereocenters. The van der Waals surface area contributed by atoms with E-state index >= 15 is 0 Å². The Bertz CT molecular complexity index is 998. The molecule has 0 aliphatic heterocycles. The molecule has 6 heteroatoms. The Hall–Kier alpha value is -2.47. The van der Waals surface area contributed by atoms with Gasteiger partial charge in [0.05, 0.1) is 4.90 Å². The lowest BCUT2D eigenvalue weighted by Crippen LogP contribution is -2.16. The molecule has 23 heavy (non-hydrogen) atoms. The molecule has 0 spiro atoms. The molecule has 1 heterocycles. The van der Waals surface area contributed by atoms with E-state index in [0.717, 1.165) is 22.0 Å². The summed E-state index contributed by atoms with van der Waals surface area (Å²) in [5, 5.41) is 1.87. The van der Waals surface area contributed by atoms with Crippen LogP contribution in [0, 0.1) is 20.8 Å². The van der Waals surface area contributed by atoms with E-state index in [2.05, 4.69) is 14.7 Å². The van der Waals surface area contributed by atoms with Crippen molar-refractivity contribution in [2.45, 2.75) is 25.7 Å². The molecule has 0 bridgehead atoms. The molecule has 3 aromatic rings. The maximum Gasteiger partial charge on any atom is 0.263 e. The lowest BCUT2D eigenvalue weighted by Gasteiger charge is -2.12. The predicted molar refractivity (Wildman–Crippen MR) is 91.0 cm³/mol. The molecule has 3 rings (SSSR count). The summed E-state index contributed by atoms with van der Waals surface area (Å²) in [5.41, 5.74) is 1.48. The van der Waals surface area contributed by atoms with Crippen LogP contribution in [0.5, 0.6) is 0 Å². The van der Waals surface area contributed by atoms with Crippen LogP contribution in [-0.2, 0) is 10.0 Å². The standard InChI is InChI=1S/C17H17N3O2S/c1-11-12(2)18-13(3)19-17(11)20-23(21,22)16-9-8-14-6-4-5-7-15(14)10-16/h4-10H,1-3H3,(H,18,19,20). The number of benzene rings is 2. The number of rotatable bonds is 3. The average Bonchev–Trinajstić information content (AvgIpc) is 2.51. The van der Waals surface area contributed by atoms with Crippen LogP contribution >= 0.6 is 0 Å². The van der Waals surface area contributed by atoms with Crippen LogP contribution in [0.25, 0.3) is 10.8 Å². The molecular formula is C17H17N3O2S. The molecule has 5 nitrogen and oxygen atoms in total. The monoisotopic (exact) mass is 327 g/mol. The SMILES string of the molecule is Cc1nc(C)c(C)c(NS(=O)(=O)c2ccc3ccccc3c2)n1. The Morgan fingerprint density at radius 2 is 1.61 bits per heavy atom. The van der Waals surface area contributed by atoms with Crippen molar-refractivity contribution in [1.29, 1.82) is 0 Å². The second-order valence-electron chi connectivity index (χ2n) is 5.44. The van der Waals surface area contributed by atoms with Crippen molar-refractivity contribution in [3.63, 3.8) is 0 Å². The first-order valence-corrected chi connectivity index (χ1v) is 8.68. The van der Waals surface area contributed by atoms with Crippen molar-refractivity contribution in [2.75, 3.05) is 4.72 Å². The van der Waals surface area contributed by atoms with Gasteiger partial charge in [0.2, 0.25) is 0 Å². The van der Waals surface area contributed by atoms with Gasteiger partial charge in [0.25, 0.3) is 10.0 Å². The number of hydrogen-bond donors (Lipinski definition) is 1. The summed E-state index contributed by atoms with van der Waals surface area (Å²) < 4.78 is 27.9. The second kappa shape index (κ2) is 5.62. The third-order valence-electron chi connectivity index (χ3n) is 3.76. The van der Waals surface area contributed by atoms with Crippen molar-refractivity contribution < 1.29 is 8.42 Å². The fourth-order valence-electron chi connectivity index (χ4n) is 2.39. The minimum Gasteiger partial charge on any atom is -0.263 e. The fraction of sp³-hybridized carbons (Fsp3) is 0.176. The highest BCUT2D eigenvalue weighted by Crippen LogP contribution is 2.22. The van der Waals surface area contributed by atoms with Gasteiger partial charge in [-0.15, -0.1) is 0 Å². The molecule has 2 aromatic carbocycles. The van der Waals surface area contributed by atoms with E-state index in [1.165, 1.54) is 0 Å². The molecule has 0 aliphatic rings. The fourth-order valence-corrected chi connectivity index (χ4v) is 3.49. The summed E-state index contributed by atoms with van der Waals surface area (Å²) in [4.78, 5) is 8.65. The Balaban J connectivity index is 2.04. The number of hydrogen-bond acceptors (Lipinski definition) is 4. The number of aromatic nitrogens is 2. The first-order chi connectivity index (χ1) is 10.9. The van der Waals surface area contributed by atoms with Crippen molar-refractivity contribution in [3.05, 3.63) is 59.5 Å². The molecule has 1 aromatic heterocycles. The smallest absolute Gasteiger partial charge is 0.263 e. The largest absolute Gasteiger partial charge is 0.263 e. The molecular weight excluding hydrogens is 310 g/mol. The van der Waals surface area contributed by atoms with Crippen LogP contribution in [0.3, 0.4) is 0 Å². The minimum absolute atomic E-state index is 0.213. The quantitative estimate of drug-likeness (QED) is 0.800. The highest BCUT2D eigenvalue weighted by atomic mass is 32.2. The lowest BCUT2D eigenvalue weighted by atomic mass is 10.1. The number of fused-ring (bicyclic) bond motifs is 1. The number of nitrogens with one attached hydrogen (secondary N) is 1. The van der Waals surface area contributed by atoms with E-state index in [9.17, 15) is 8.42 Å². The van der Waals surface area contributed by atoms with Gasteiger partial charge in [0, 0.05) is 11.3 Å². The Morgan fingerprint density at radius 3 is 2.35 bits per heavy atom. The second-order valence-corrected chi connectivity index (χ2v) is 7.13. The summed E-state index contributed by atoms with van der Waals surface area (Å²) in [7, 11) is -3.70. The van der Waals surface area contributed by atoms with Crippen molar-refractivity contribution in [1.82, 2.24) is 9.97 Å². The zero-order valence-electron chi connectivity index (χ0n) is 13.2. The average molecular weight is 327 g/mol. The summed E-state index contributed by atoms with van der Waals surface area (Å²) in [6.07, 6.45) is 0. The minimum atomic E-state index is -3.70. The van der Waals surface area contributed by atoms with Crippen LogP contribution in [0.1, 0.15) is 17.1 Å². The van der Waals surface area contributed by atoms with E-state index in [0.29, 0.717) is 11.6 Å². The van der Waals surface area contributed by atoms with Gasteiger partial charge < -0.3 is 0 Å². The number of sulfonamides is 1. The van der Waals surface area contributed by atoms with Gasteiger partial charge in [-0.3, -0.25) is 4.72 Å². The first-order valence-electron chi connectivity index (χ1n) is 7.20. The third-order valence-corrected chi connectivity index (χ3v) is 5.10. The van der Waals surface area contributed by atoms with Gasteiger partial charge in [-0.05, 0) is 43.7 Å². The van der Waals surface area contributed by atoms with Gasteiger partial charge in [0.1, 0.15) is 11.6 Å². The van der Waals surface area contributed by atoms with E-state index in [4.69, 9.17) is 0 Å². The van der Waals surface area contributed by atoms with Gasteiger partial charge in [0.15, 0.2) is 0 Å². The van der Waals surface area contributed by atoms with Crippen molar-refractivity contribution in [3.8, 4) is 0 Å². The van der Waals surface area contributed by atoms with Crippen LogP contribution < -0.4 is 4.72 Å². The van der Waals surface area contributed by atoms with E-state index < -0.39 is 10.0 Å². The third kappa shape index (κ3) is 3.03.